The van der Waals surface area contributed by atoms with Gasteiger partial charge in [-0.2, -0.15) is 13.2 Å². The Morgan fingerprint density at radius 2 is 2.00 bits per heavy atom. The number of carbonyl (C=O) groups excluding carboxylic acids is 2. The van der Waals surface area contributed by atoms with Crippen LogP contribution in [0.1, 0.15) is 52.6 Å². The summed E-state index contributed by atoms with van der Waals surface area (Å²) in [6, 6.07) is 10.1. The third-order valence-corrected chi connectivity index (χ3v) is 8.57. The third kappa shape index (κ3) is 5.23. The topological polar surface area (TPSA) is 89.8 Å². The number of esters is 1. The monoisotopic (exact) mass is 583 g/mol. The molecule has 222 valence electrons. The molecule has 0 bridgehead atoms. The predicted molar refractivity (Wildman–Crippen MR) is 147 cm³/mol. The van der Waals surface area contributed by atoms with E-state index in [9.17, 15) is 22.8 Å². The summed E-state index contributed by atoms with van der Waals surface area (Å²) in [5, 5.41) is 8.17. The molecule has 1 aromatic heterocycles. The first kappa shape index (κ1) is 28.2. The van der Waals surface area contributed by atoms with E-state index in [0.717, 1.165) is 30.3 Å². The minimum atomic E-state index is -4.63. The molecule has 42 heavy (non-hydrogen) atoms. The highest BCUT2D eigenvalue weighted by Crippen LogP contribution is 2.43. The first-order valence-electron chi connectivity index (χ1n) is 14.0. The van der Waals surface area contributed by atoms with Gasteiger partial charge in [-0.15, -0.1) is 10.2 Å². The van der Waals surface area contributed by atoms with E-state index in [-0.39, 0.29) is 41.6 Å². The van der Waals surface area contributed by atoms with E-state index in [0.29, 0.717) is 44.1 Å². The number of piperidine rings is 1. The second kappa shape index (κ2) is 10.7. The standard InChI is InChI=1S/C30H32F3N5O4/c1-19(39)42-15-20-5-4-8-37(13-20)23-10-24-25(26(11-23)30(31,32)33)14-38(28(24)40)22-7-3-6-21(9-22)29(16-41-17-29)12-27-35-34-18-36(27)2/h3,6-7,9-11,18,20H,4-5,8,12-17H2,1-2H3/t20-/m0/s1. The molecule has 0 unspecified atom stereocenters. The van der Waals surface area contributed by atoms with Gasteiger partial charge < -0.3 is 23.8 Å². The summed E-state index contributed by atoms with van der Waals surface area (Å²) in [4.78, 5) is 28.3. The fraction of sp³-hybridized carbons (Fsp3) is 0.467. The van der Waals surface area contributed by atoms with Gasteiger partial charge in [0, 0.05) is 61.8 Å². The molecule has 0 aliphatic carbocycles. The minimum absolute atomic E-state index is 0.00420. The van der Waals surface area contributed by atoms with Crippen LogP contribution in [0, 0.1) is 5.92 Å². The van der Waals surface area contributed by atoms with Crippen LogP contribution in [0.2, 0.25) is 0 Å². The molecule has 0 N–H and O–H groups in total. The van der Waals surface area contributed by atoms with E-state index in [4.69, 9.17) is 9.47 Å². The van der Waals surface area contributed by atoms with Crippen LogP contribution in [0.25, 0.3) is 0 Å². The third-order valence-electron chi connectivity index (χ3n) is 8.57. The number of alkyl halides is 3. The molecule has 0 saturated carbocycles. The van der Waals surface area contributed by atoms with Gasteiger partial charge in [-0.25, -0.2) is 0 Å². The second-order valence-corrected chi connectivity index (χ2v) is 11.5. The first-order valence-corrected chi connectivity index (χ1v) is 14.0. The van der Waals surface area contributed by atoms with Crippen molar-refractivity contribution < 1.29 is 32.2 Å². The van der Waals surface area contributed by atoms with Gasteiger partial charge in [0.2, 0.25) is 0 Å². The van der Waals surface area contributed by atoms with Gasteiger partial charge in [0.25, 0.3) is 5.91 Å². The Balaban J connectivity index is 1.30. The van der Waals surface area contributed by atoms with Gasteiger partial charge >= 0.3 is 12.1 Å². The number of benzene rings is 2. The van der Waals surface area contributed by atoms with Crippen LogP contribution in [0.4, 0.5) is 24.5 Å². The highest BCUT2D eigenvalue weighted by Gasteiger charge is 2.44. The number of nitrogens with zero attached hydrogens (tertiary/aromatic N) is 5. The number of rotatable bonds is 7. The maximum absolute atomic E-state index is 14.4. The van der Waals surface area contributed by atoms with Crippen molar-refractivity contribution in [1.29, 1.82) is 0 Å². The van der Waals surface area contributed by atoms with E-state index < -0.39 is 17.6 Å². The number of amides is 1. The normalized spacial score (nSPS) is 19.9. The summed E-state index contributed by atoms with van der Waals surface area (Å²) in [5.74, 6) is -0.0496. The number of aromatic nitrogens is 3. The zero-order chi connectivity index (χ0) is 29.6. The molecule has 3 aromatic rings. The zero-order valence-corrected chi connectivity index (χ0v) is 23.5. The first-order chi connectivity index (χ1) is 20.0. The fourth-order valence-electron chi connectivity index (χ4n) is 6.20. The van der Waals surface area contributed by atoms with Crippen molar-refractivity contribution in [1.82, 2.24) is 14.8 Å². The Bertz CT molecular complexity index is 1520. The van der Waals surface area contributed by atoms with Crippen molar-refractivity contribution >= 4 is 23.3 Å². The number of hydrogen-bond donors (Lipinski definition) is 0. The van der Waals surface area contributed by atoms with Crippen LogP contribution in [0.3, 0.4) is 0 Å². The molecule has 1 amide bonds. The number of hydrogen-bond acceptors (Lipinski definition) is 7. The van der Waals surface area contributed by atoms with Gasteiger partial charge in [-0.1, -0.05) is 12.1 Å². The van der Waals surface area contributed by atoms with Crippen molar-refractivity contribution in [3.05, 3.63) is 70.8 Å². The number of ether oxygens (including phenoxy) is 2. The molecule has 6 rings (SSSR count). The van der Waals surface area contributed by atoms with Crippen LogP contribution < -0.4 is 9.80 Å². The number of aryl methyl sites for hydroxylation is 1. The molecule has 0 spiro atoms. The quantitative estimate of drug-likeness (QED) is 0.384. The molecule has 3 aliphatic heterocycles. The zero-order valence-electron chi connectivity index (χ0n) is 23.5. The summed E-state index contributed by atoms with van der Waals surface area (Å²) < 4.78 is 55.8. The largest absolute Gasteiger partial charge is 0.466 e. The number of fused-ring (bicyclic) bond motifs is 1. The maximum Gasteiger partial charge on any atom is 0.416 e. The Labute approximate surface area is 241 Å². The van der Waals surface area contributed by atoms with E-state index in [1.54, 1.807) is 18.5 Å². The van der Waals surface area contributed by atoms with E-state index >= 15 is 0 Å². The van der Waals surface area contributed by atoms with E-state index in [2.05, 4.69) is 10.2 Å². The van der Waals surface area contributed by atoms with Gasteiger partial charge in [-0.3, -0.25) is 9.59 Å². The molecule has 2 aromatic carbocycles. The molecule has 4 heterocycles. The van der Waals surface area contributed by atoms with Crippen molar-refractivity contribution in [2.75, 3.05) is 42.7 Å². The molecular weight excluding hydrogens is 551 g/mol. The van der Waals surface area contributed by atoms with Crippen molar-refractivity contribution in [2.24, 2.45) is 13.0 Å². The van der Waals surface area contributed by atoms with E-state index in [1.807, 2.05) is 34.7 Å². The number of halogens is 3. The predicted octanol–water partition coefficient (Wildman–Crippen LogP) is 4.28. The molecule has 3 aliphatic rings. The van der Waals surface area contributed by atoms with Gasteiger partial charge in [0.1, 0.15) is 12.2 Å². The van der Waals surface area contributed by atoms with E-state index in [1.165, 1.54) is 11.8 Å². The average Bonchev–Trinajstić information content (AvgIpc) is 3.50. The maximum atomic E-state index is 14.4. The van der Waals surface area contributed by atoms with Crippen LogP contribution in [-0.2, 0) is 45.9 Å². The summed E-state index contributed by atoms with van der Waals surface area (Å²) >= 11 is 0. The molecule has 0 radical (unpaired) electrons. The molecule has 12 heteroatoms. The molecule has 9 nitrogen and oxygen atoms in total. The number of carbonyl (C=O) groups is 2. The van der Waals surface area contributed by atoms with Crippen LogP contribution in [0.5, 0.6) is 0 Å². The average molecular weight is 584 g/mol. The molecular formula is C30H32F3N5O4. The van der Waals surface area contributed by atoms with Gasteiger partial charge in [-0.05, 0) is 48.2 Å². The highest BCUT2D eigenvalue weighted by molar-refractivity contribution is 6.11. The lowest BCUT2D eigenvalue weighted by molar-refractivity contribution is -0.142. The van der Waals surface area contributed by atoms with Crippen molar-refractivity contribution in [3.8, 4) is 0 Å². The Hall–Kier alpha value is -3.93. The molecule has 1 atom stereocenters. The Morgan fingerprint density at radius 3 is 2.67 bits per heavy atom. The van der Waals surface area contributed by atoms with Gasteiger partial charge in [0.15, 0.2) is 0 Å². The Morgan fingerprint density at radius 1 is 1.19 bits per heavy atom. The fourth-order valence-corrected chi connectivity index (χ4v) is 6.20. The number of anilines is 2. The SMILES string of the molecule is CC(=O)OC[C@H]1CCCN(c2cc3c(c(C(F)(F)F)c2)CN(c2cccc(C4(Cc5nncn5C)COC4)c2)C3=O)C1. The summed E-state index contributed by atoms with van der Waals surface area (Å²) in [6.07, 6.45) is -0.856. The summed E-state index contributed by atoms with van der Waals surface area (Å²) in [7, 11) is 1.87. The van der Waals surface area contributed by atoms with Crippen molar-refractivity contribution in [3.63, 3.8) is 0 Å². The van der Waals surface area contributed by atoms with Crippen molar-refractivity contribution in [2.45, 2.75) is 44.3 Å². The summed E-state index contributed by atoms with van der Waals surface area (Å²) in [5.41, 5.74) is 0.702. The van der Waals surface area contributed by atoms with Crippen LogP contribution in [-0.4, -0.2) is 59.6 Å². The molecule has 2 fully saturated rings. The lowest BCUT2D eigenvalue weighted by atomic mass is 9.75. The molecule has 2 saturated heterocycles. The minimum Gasteiger partial charge on any atom is -0.466 e. The van der Waals surface area contributed by atoms with Gasteiger partial charge in [0.05, 0.1) is 31.9 Å². The highest BCUT2D eigenvalue weighted by atomic mass is 19.4. The van der Waals surface area contributed by atoms with Crippen LogP contribution >= 0.6 is 0 Å². The summed E-state index contributed by atoms with van der Waals surface area (Å²) in [6.45, 7) is 3.31. The smallest absolute Gasteiger partial charge is 0.416 e. The second-order valence-electron chi connectivity index (χ2n) is 11.5. The Kier molecular flexibility index (Phi) is 7.20. The lowest BCUT2D eigenvalue weighted by Gasteiger charge is -2.42. The lowest BCUT2D eigenvalue weighted by Crippen LogP contribution is -2.49. The van der Waals surface area contributed by atoms with Crippen LogP contribution in [0.15, 0.2) is 42.7 Å².